The molecule has 0 fully saturated rings. The predicted molar refractivity (Wildman–Crippen MR) is 62.6 cm³/mol. The highest BCUT2D eigenvalue weighted by molar-refractivity contribution is 5.99. The number of nitrogens with one attached hydrogen (secondary N) is 1. The zero-order valence-electron chi connectivity index (χ0n) is 9.80. The van der Waals surface area contributed by atoms with Gasteiger partial charge in [-0.05, 0) is 24.3 Å². The van der Waals surface area contributed by atoms with Crippen molar-refractivity contribution in [1.82, 2.24) is 5.32 Å². The summed E-state index contributed by atoms with van der Waals surface area (Å²) in [6.45, 7) is -1.35. The number of benzene rings is 1. The zero-order valence-corrected chi connectivity index (χ0v) is 9.80. The van der Waals surface area contributed by atoms with E-state index in [0.717, 1.165) is 0 Å². The number of Topliss-reactive ketones (excluding diaryl/α,β-unsaturated/α-hetero) is 1. The Morgan fingerprint density at radius 2 is 1.79 bits per heavy atom. The van der Waals surface area contributed by atoms with Gasteiger partial charge in [0.15, 0.2) is 5.78 Å². The molecule has 19 heavy (non-hydrogen) atoms. The van der Waals surface area contributed by atoms with E-state index in [4.69, 9.17) is 10.2 Å². The maximum absolute atomic E-state index is 12.3. The number of carbonyl (C=O) groups excluding carboxylic acids is 2. The molecule has 0 spiro atoms. The van der Waals surface area contributed by atoms with Crippen LogP contribution < -0.4 is 5.32 Å². The summed E-state index contributed by atoms with van der Waals surface area (Å²) in [7, 11) is 0. The van der Waals surface area contributed by atoms with Gasteiger partial charge in [0.1, 0.15) is 18.5 Å². The SMILES string of the molecule is O=C(O)CC(NC(=O)c1ccc(O)cc1)C(=O)CF. The van der Waals surface area contributed by atoms with Crippen molar-refractivity contribution in [3.63, 3.8) is 0 Å². The monoisotopic (exact) mass is 269 g/mol. The normalized spacial score (nSPS) is 11.6. The predicted octanol–water partition coefficient (Wildman–Crippen LogP) is 0.504. The lowest BCUT2D eigenvalue weighted by molar-refractivity contribution is -0.139. The quantitative estimate of drug-likeness (QED) is 0.697. The van der Waals surface area contributed by atoms with Gasteiger partial charge in [0.2, 0.25) is 0 Å². The van der Waals surface area contributed by atoms with Crippen molar-refractivity contribution in [2.45, 2.75) is 12.5 Å². The van der Waals surface area contributed by atoms with Gasteiger partial charge in [0, 0.05) is 5.56 Å². The maximum atomic E-state index is 12.3. The first-order valence-electron chi connectivity index (χ1n) is 5.34. The number of aliphatic carboxylic acids is 1. The average molecular weight is 269 g/mol. The highest BCUT2D eigenvalue weighted by Gasteiger charge is 2.23. The second-order valence-electron chi connectivity index (χ2n) is 3.77. The summed E-state index contributed by atoms with van der Waals surface area (Å²) in [6, 6.07) is 3.70. The largest absolute Gasteiger partial charge is 0.508 e. The van der Waals surface area contributed by atoms with Crippen LogP contribution in [0.5, 0.6) is 5.75 Å². The molecule has 0 aliphatic rings. The minimum Gasteiger partial charge on any atom is -0.508 e. The van der Waals surface area contributed by atoms with Crippen LogP contribution in [0.2, 0.25) is 0 Å². The molecular weight excluding hydrogens is 257 g/mol. The molecule has 1 aromatic carbocycles. The number of carboxylic acids is 1. The molecule has 0 aliphatic carbocycles. The fraction of sp³-hybridized carbons (Fsp3) is 0.250. The van der Waals surface area contributed by atoms with Crippen molar-refractivity contribution in [1.29, 1.82) is 0 Å². The van der Waals surface area contributed by atoms with Crippen LogP contribution in [0.15, 0.2) is 24.3 Å². The first kappa shape index (κ1) is 14.6. The molecule has 0 saturated carbocycles. The first-order chi connectivity index (χ1) is 8.93. The molecule has 0 aliphatic heterocycles. The Bertz CT molecular complexity index is 485. The van der Waals surface area contributed by atoms with Gasteiger partial charge in [0.25, 0.3) is 5.91 Å². The number of rotatable bonds is 6. The van der Waals surface area contributed by atoms with Crippen molar-refractivity contribution in [2.24, 2.45) is 0 Å². The van der Waals surface area contributed by atoms with Crippen LogP contribution in [-0.4, -0.2) is 40.6 Å². The lowest BCUT2D eigenvalue weighted by Gasteiger charge is -2.14. The Morgan fingerprint density at radius 1 is 1.21 bits per heavy atom. The molecule has 0 bridgehead atoms. The number of aromatic hydroxyl groups is 1. The fourth-order valence-electron chi connectivity index (χ4n) is 1.37. The molecular formula is C12H12FNO5. The van der Waals surface area contributed by atoms with Gasteiger partial charge in [-0.2, -0.15) is 0 Å². The molecule has 1 atom stereocenters. The van der Waals surface area contributed by atoms with E-state index in [-0.39, 0.29) is 11.3 Å². The van der Waals surface area contributed by atoms with E-state index in [2.05, 4.69) is 5.32 Å². The molecule has 102 valence electrons. The van der Waals surface area contributed by atoms with Gasteiger partial charge < -0.3 is 15.5 Å². The minimum atomic E-state index is -1.41. The standard InChI is InChI=1S/C12H12FNO5/c13-6-10(16)9(5-11(17)18)14-12(19)7-1-3-8(15)4-2-7/h1-4,9,15H,5-6H2,(H,14,19)(H,17,18). The molecule has 1 amide bonds. The van der Waals surface area contributed by atoms with E-state index in [1.54, 1.807) is 0 Å². The second kappa shape index (κ2) is 6.48. The number of amides is 1. The second-order valence-corrected chi connectivity index (χ2v) is 3.77. The topological polar surface area (TPSA) is 104 Å². The van der Waals surface area contributed by atoms with Crippen molar-refractivity contribution in [3.05, 3.63) is 29.8 Å². The molecule has 0 saturated heterocycles. The number of alkyl halides is 1. The van der Waals surface area contributed by atoms with E-state index in [9.17, 15) is 18.8 Å². The van der Waals surface area contributed by atoms with Gasteiger partial charge >= 0.3 is 5.97 Å². The number of hydrogen-bond acceptors (Lipinski definition) is 4. The molecule has 0 heterocycles. The van der Waals surface area contributed by atoms with E-state index < -0.39 is 36.8 Å². The van der Waals surface area contributed by atoms with E-state index in [1.165, 1.54) is 24.3 Å². The van der Waals surface area contributed by atoms with Crippen LogP contribution in [0, 0.1) is 0 Å². The molecule has 7 heteroatoms. The lowest BCUT2D eigenvalue weighted by Crippen LogP contribution is -2.43. The molecule has 0 radical (unpaired) electrons. The van der Waals surface area contributed by atoms with Gasteiger partial charge in [-0.3, -0.25) is 14.4 Å². The summed E-state index contributed by atoms with van der Waals surface area (Å²) in [5, 5.41) is 19.8. The van der Waals surface area contributed by atoms with Gasteiger partial charge in [-0.1, -0.05) is 0 Å². The Labute approximate surface area is 107 Å². The fourth-order valence-corrected chi connectivity index (χ4v) is 1.37. The number of carbonyl (C=O) groups is 3. The Kier molecular flexibility index (Phi) is 4.99. The third-order valence-corrected chi connectivity index (χ3v) is 2.33. The van der Waals surface area contributed by atoms with Gasteiger partial charge in [0.05, 0.1) is 6.42 Å². The summed E-state index contributed by atoms with van der Waals surface area (Å²) in [6.07, 6.45) is -0.688. The third-order valence-electron chi connectivity index (χ3n) is 2.33. The number of phenols is 1. The number of ketones is 1. The summed E-state index contributed by atoms with van der Waals surface area (Å²) in [4.78, 5) is 33.4. The van der Waals surface area contributed by atoms with Crippen molar-refractivity contribution in [3.8, 4) is 5.75 Å². The number of carboxylic acid groups (broad SMARTS) is 1. The molecule has 6 nitrogen and oxygen atoms in total. The van der Waals surface area contributed by atoms with Crippen molar-refractivity contribution in [2.75, 3.05) is 6.67 Å². The smallest absolute Gasteiger partial charge is 0.305 e. The van der Waals surface area contributed by atoms with Crippen LogP contribution in [0.4, 0.5) is 4.39 Å². The van der Waals surface area contributed by atoms with Crippen LogP contribution >= 0.6 is 0 Å². The van der Waals surface area contributed by atoms with Crippen LogP contribution in [-0.2, 0) is 9.59 Å². The van der Waals surface area contributed by atoms with E-state index in [1.807, 2.05) is 0 Å². The molecule has 0 aromatic heterocycles. The highest BCUT2D eigenvalue weighted by atomic mass is 19.1. The van der Waals surface area contributed by atoms with Crippen LogP contribution in [0.1, 0.15) is 16.8 Å². The van der Waals surface area contributed by atoms with Crippen LogP contribution in [0.25, 0.3) is 0 Å². The zero-order chi connectivity index (χ0) is 14.4. The molecule has 3 N–H and O–H groups in total. The van der Waals surface area contributed by atoms with Gasteiger partial charge in [-0.25, -0.2) is 4.39 Å². The maximum Gasteiger partial charge on any atom is 0.305 e. The van der Waals surface area contributed by atoms with Gasteiger partial charge in [-0.15, -0.1) is 0 Å². The lowest BCUT2D eigenvalue weighted by atomic mass is 10.1. The molecule has 1 rings (SSSR count). The highest BCUT2D eigenvalue weighted by Crippen LogP contribution is 2.10. The molecule has 1 unspecified atom stereocenters. The Hall–Kier alpha value is -2.44. The van der Waals surface area contributed by atoms with E-state index >= 15 is 0 Å². The average Bonchev–Trinajstić information content (AvgIpc) is 2.37. The van der Waals surface area contributed by atoms with Crippen molar-refractivity contribution < 1.29 is 29.0 Å². The molecule has 1 aromatic rings. The first-order valence-corrected chi connectivity index (χ1v) is 5.34. The summed E-state index contributed by atoms with van der Waals surface area (Å²) in [5.41, 5.74) is 0.125. The van der Waals surface area contributed by atoms with E-state index in [0.29, 0.717) is 0 Å². The third kappa shape index (κ3) is 4.38. The summed E-state index contributed by atoms with van der Waals surface area (Å²) >= 11 is 0. The van der Waals surface area contributed by atoms with Crippen LogP contribution in [0.3, 0.4) is 0 Å². The Morgan fingerprint density at radius 3 is 2.26 bits per heavy atom. The van der Waals surface area contributed by atoms with Crippen molar-refractivity contribution >= 4 is 17.7 Å². The number of phenolic OH excluding ortho intramolecular Hbond substituents is 1. The minimum absolute atomic E-state index is 0.0431. The summed E-state index contributed by atoms with van der Waals surface area (Å²) < 4.78 is 12.3. The number of hydrogen-bond donors (Lipinski definition) is 3. The Balaban J connectivity index is 2.78. The summed E-state index contributed by atoms with van der Waals surface area (Å²) in [5.74, 6) is -3.08. The number of halogens is 1.